The molecule has 1 aliphatic carbocycles. The van der Waals surface area contributed by atoms with E-state index in [0.29, 0.717) is 17.7 Å². The van der Waals surface area contributed by atoms with Crippen molar-refractivity contribution in [2.24, 2.45) is 0 Å². The van der Waals surface area contributed by atoms with Crippen molar-refractivity contribution in [3.05, 3.63) is 70.8 Å². The Morgan fingerprint density at radius 1 is 1.07 bits per heavy atom. The van der Waals surface area contributed by atoms with Crippen LogP contribution in [0.5, 0.6) is 5.75 Å². The first kappa shape index (κ1) is 18.7. The molecule has 1 amide bonds. The van der Waals surface area contributed by atoms with Crippen LogP contribution in [0.25, 0.3) is 5.57 Å². The maximum Gasteiger partial charge on any atom is 0.337 e. The number of hydrogen-bond donors (Lipinski definition) is 1. The highest BCUT2D eigenvalue weighted by Crippen LogP contribution is 2.45. The molecule has 27 heavy (non-hydrogen) atoms. The summed E-state index contributed by atoms with van der Waals surface area (Å²) >= 11 is 0. The lowest BCUT2D eigenvalue weighted by Gasteiger charge is -2.18. The number of carbonyl (C=O) groups excluding carboxylic acids is 2. The number of ether oxygens (including phenoxy) is 2. The number of benzene rings is 2. The largest absolute Gasteiger partial charge is 0.497 e. The Labute approximate surface area is 159 Å². The van der Waals surface area contributed by atoms with Crippen molar-refractivity contribution in [2.45, 2.75) is 26.3 Å². The summed E-state index contributed by atoms with van der Waals surface area (Å²) in [6, 6.07) is 14.7. The molecule has 5 nitrogen and oxygen atoms in total. The minimum atomic E-state index is -0.572. The zero-order valence-corrected chi connectivity index (χ0v) is 15.7. The zero-order valence-electron chi connectivity index (χ0n) is 15.7. The standard InChI is InChI=1S/C22H23NO4/c1-4-18(24)23-21-17-13-15(26-3)11-12-16(17)19(14-9-7-6-8-10-14)20(21)22(25)27-5-2/h6-13,21H,4-5H2,1-3H3,(H,23,24). The van der Waals surface area contributed by atoms with Crippen molar-refractivity contribution in [2.75, 3.05) is 13.7 Å². The summed E-state index contributed by atoms with van der Waals surface area (Å²) in [7, 11) is 1.59. The molecule has 0 bridgehead atoms. The van der Waals surface area contributed by atoms with E-state index in [1.165, 1.54) is 0 Å². The molecule has 1 aliphatic rings. The summed E-state index contributed by atoms with van der Waals surface area (Å²) in [5.41, 5.74) is 3.87. The number of carbonyl (C=O) groups is 2. The van der Waals surface area contributed by atoms with Gasteiger partial charge in [0, 0.05) is 12.0 Å². The first-order valence-electron chi connectivity index (χ1n) is 9.05. The van der Waals surface area contributed by atoms with E-state index in [-0.39, 0.29) is 12.5 Å². The third-order valence-electron chi connectivity index (χ3n) is 4.58. The molecule has 140 valence electrons. The lowest BCUT2D eigenvalue weighted by atomic mass is 9.97. The van der Waals surface area contributed by atoms with Crippen LogP contribution in [0.1, 0.15) is 43.0 Å². The van der Waals surface area contributed by atoms with Gasteiger partial charge in [-0.15, -0.1) is 0 Å². The number of rotatable bonds is 6. The van der Waals surface area contributed by atoms with E-state index < -0.39 is 12.0 Å². The van der Waals surface area contributed by atoms with Crippen molar-refractivity contribution in [3.8, 4) is 5.75 Å². The number of hydrogen-bond acceptors (Lipinski definition) is 4. The predicted molar refractivity (Wildman–Crippen MR) is 103 cm³/mol. The molecule has 2 aromatic rings. The van der Waals surface area contributed by atoms with Crippen LogP contribution in [0.3, 0.4) is 0 Å². The fourth-order valence-electron chi connectivity index (χ4n) is 3.34. The second-order valence-corrected chi connectivity index (χ2v) is 6.18. The number of fused-ring (bicyclic) bond motifs is 1. The van der Waals surface area contributed by atoms with Crippen LogP contribution in [0.15, 0.2) is 54.1 Å². The van der Waals surface area contributed by atoms with Gasteiger partial charge in [-0.25, -0.2) is 4.79 Å². The highest BCUT2D eigenvalue weighted by atomic mass is 16.5. The Morgan fingerprint density at radius 3 is 2.44 bits per heavy atom. The smallest absolute Gasteiger partial charge is 0.337 e. The molecule has 0 fully saturated rings. The van der Waals surface area contributed by atoms with Crippen LogP contribution in [0.2, 0.25) is 0 Å². The minimum absolute atomic E-state index is 0.134. The van der Waals surface area contributed by atoms with E-state index in [4.69, 9.17) is 9.47 Å². The second-order valence-electron chi connectivity index (χ2n) is 6.18. The average molecular weight is 365 g/mol. The van der Waals surface area contributed by atoms with Gasteiger partial charge in [0.1, 0.15) is 5.75 Å². The number of amides is 1. The summed E-state index contributed by atoms with van der Waals surface area (Å²) in [4.78, 5) is 25.1. The molecule has 1 atom stereocenters. The number of nitrogens with one attached hydrogen (secondary N) is 1. The fourth-order valence-corrected chi connectivity index (χ4v) is 3.34. The third-order valence-corrected chi connectivity index (χ3v) is 4.58. The molecular weight excluding hydrogens is 342 g/mol. The van der Waals surface area contributed by atoms with Crippen molar-refractivity contribution < 1.29 is 19.1 Å². The average Bonchev–Trinajstić information content (AvgIpc) is 3.02. The van der Waals surface area contributed by atoms with Crippen LogP contribution in [-0.2, 0) is 14.3 Å². The van der Waals surface area contributed by atoms with E-state index >= 15 is 0 Å². The van der Waals surface area contributed by atoms with E-state index in [1.54, 1.807) is 21.0 Å². The molecule has 0 aromatic heterocycles. The quantitative estimate of drug-likeness (QED) is 0.794. The summed E-state index contributed by atoms with van der Waals surface area (Å²) in [6.07, 6.45) is 0.326. The van der Waals surface area contributed by atoms with Gasteiger partial charge in [0.2, 0.25) is 5.91 Å². The highest BCUT2D eigenvalue weighted by Gasteiger charge is 2.37. The molecule has 3 rings (SSSR count). The lowest BCUT2D eigenvalue weighted by molar-refractivity contribution is -0.138. The summed E-state index contributed by atoms with van der Waals surface area (Å²) in [5.74, 6) is 0.111. The number of esters is 1. The van der Waals surface area contributed by atoms with Crippen LogP contribution in [0, 0.1) is 0 Å². The molecule has 0 saturated heterocycles. The Kier molecular flexibility index (Phi) is 5.60. The van der Waals surface area contributed by atoms with Crippen LogP contribution in [0.4, 0.5) is 0 Å². The second kappa shape index (κ2) is 8.08. The van der Waals surface area contributed by atoms with Gasteiger partial charge < -0.3 is 14.8 Å². The molecule has 0 saturated carbocycles. The fraction of sp³-hybridized carbons (Fsp3) is 0.273. The Bertz CT molecular complexity index is 886. The Hall–Kier alpha value is -3.08. The molecule has 1 unspecified atom stereocenters. The van der Waals surface area contributed by atoms with Gasteiger partial charge in [0.15, 0.2) is 0 Å². The predicted octanol–water partition coefficient (Wildman–Crippen LogP) is 3.64. The van der Waals surface area contributed by atoms with E-state index in [1.807, 2.05) is 48.5 Å². The first-order chi connectivity index (χ1) is 13.1. The first-order valence-corrected chi connectivity index (χ1v) is 9.05. The summed E-state index contributed by atoms with van der Waals surface area (Å²) in [5, 5.41) is 2.97. The van der Waals surface area contributed by atoms with Crippen molar-refractivity contribution in [1.82, 2.24) is 5.32 Å². The zero-order chi connectivity index (χ0) is 19.4. The normalized spacial score (nSPS) is 15.3. The maximum atomic E-state index is 12.9. The molecule has 2 aromatic carbocycles. The number of methoxy groups -OCH3 is 1. The topological polar surface area (TPSA) is 64.6 Å². The molecule has 5 heteroatoms. The Balaban J connectivity index is 2.24. The monoisotopic (exact) mass is 365 g/mol. The van der Waals surface area contributed by atoms with Crippen molar-refractivity contribution in [1.29, 1.82) is 0 Å². The SMILES string of the molecule is CCOC(=O)C1=C(c2ccccc2)c2ccc(OC)cc2C1NC(=O)CC. The summed E-state index contributed by atoms with van der Waals surface area (Å²) in [6.45, 7) is 3.81. The van der Waals surface area contributed by atoms with Crippen LogP contribution >= 0.6 is 0 Å². The highest BCUT2D eigenvalue weighted by molar-refractivity contribution is 6.07. The third kappa shape index (κ3) is 3.58. The van der Waals surface area contributed by atoms with Gasteiger partial charge in [-0.1, -0.05) is 43.3 Å². The van der Waals surface area contributed by atoms with Gasteiger partial charge in [0.05, 0.1) is 25.3 Å². The molecular formula is C22H23NO4. The van der Waals surface area contributed by atoms with E-state index in [2.05, 4.69) is 5.32 Å². The van der Waals surface area contributed by atoms with Gasteiger partial charge in [-0.3, -0.25) is 4.79 Å². The van der Waals surface area contributed by atoms with Gasteiger partial charge in [0.25, 0.3) is 0 Å². The minimum Gasteiger partial charge on any atom is -0.497 e. The van der Waals surface area contributed by atoms with Gasteiger partial charge >= 0.3 is 5.97 Å². The molecule has 0 heterocycles. The van der Waals surface area contributed by atoms with E-state index in [9.17, 15) is 9.59 Å². The van der Waals surface area contributed by atoms with Crippen molar-refractivity contribution in [3.63, 3.8) is 0 Å². The molecule has 1 N–H and O–H groups in total. The summed E-state index contributed by atoms with van der Waals surface area (Å²) < 4.78 is 10.7. The van der Waals surface area contributed by atoms with Crippen LogP contribution < -0.4 is 10.1 Å². The van der Waals surface area contributed by atoms with Gasteiger partial charge in [-0.2, -0.15) is 0 Å². The molecule has 0 spiro atoms. The molecule has 0 aliphatic heterocycles. The van der Waals surface area contributed by atoms with Crippen LogP contribution in [-0.4, -0.2) is 25.6 Å². The van der Waals surface area contributed by atoms with E-state index in [0.717, 1.165) is 22.3 Å². The van der Waals surface area contributed by atoms with Crippen molar-refractivity contribution >= 4 is 17.4 Å². The van der Waals surface area contributed by atoms with Gasteiger partial charge in [-0.05, 0) is 35.7 Å². The maximum absolute atomic E-state index is 12.9. The molecule has 0 radical (unpaired) electrons. The lowest BCUT2D eigenvalue weighted by Crippen LogP contribution is -2.30. The Morgan fingerprint density at radius 2 is 1.81 bits per heavy atom.